The van der Waals surface area contributed by atoms with Crippen LogP contribution in [0.25, 0.3) is 0 Å². The summed E-state index contributed by atoms with van der Waals surface area (Å²) in [4.78, 5) is 8.76. The van der Waals surface area contributed by atoms with Crippen molar-refractivity contribution in [2.24, 2.45) is 4.99 Å². The van der Waals surface area contributed by atoms with Crippen LogP contribution in [0, 0.1) is 5.82 Å². The third-order valence-corrected chi connectivity index (χ3v) is 5.51. The first-order valence-corrected chi connectivity index (χ1v) is 10.7. The fourth-order valence-electron chi connectivity index (χ4n) is 3.66. The molecule has 1 fully saturated rings. The molecular formula is C21H33FN8. The summed E-state index contributed by atoms with van der Waals surface area (Å²) in [5.74, 6) is 1.48. The molecule has 8 nitrogen and oxygen atoms in total. The molecular weight excluding hydrogens is 383 g/mol. The van der Waals surface area contributed by atoms with Crippen molar-refractivity contribution in [3.05, 3.63) is 41.7 Å². The zero-order valence-corrected chi connectivity index (χ0v) is 18.2. The zero-order valence-electron chi connectivity index (χ0n) is 18.2. The van der Waals surface area contributed by atoms with Crippen LogP contribution in [0.2, 0.25) is 0 Å². The molecule has 1 aliphatic heterocycles. The number of aliphatic imine (C=N–C) groups is 1. The minimum Gasteiger partial charge on any atom is -0.367 e. The van der Waals surface area contributed by atoms with E-state index in [1.54, 1.807) is 19.4 Å². The first kappa shape index (κ1) is 22.0. The number of anilines is 1. The normalized spacial score (nSPS) is 15.5. The fraction of sp³-hybridized carbons (Fsp3) is 0.571. The van der Waals surface area contributed by atoms with Gasteiger partial charge in [-0.05, 0) is 24.2 Å². The zero-order chi connectivity index (χ0) is 21.3. The molecule has 164 valence electrons. The molecule has 0 spiro atoms. The van der Waals surface area contributed by atoms with E-state index in [1.165, 1.54) is 0 Å². The molecule has 1 saturated heterocycles. The lowest BCUT2D eigenvalue weighted by atomic mass is 10.1. The summed E-state index contributed by atoms with van der Waals surface area (Å²) in [6.45, 7) is 10.9. The number of nitrogens with zero attached hydrogens (tertiary/aromatic N) is 6. The minimum absolute atomic E-state index is 0.165. The van der Waals surface area contributed by atoms with Crippen LogP contribution in [0.15, 0.2) is 29.5 Å². The lowest BCUT2D eigenvalue weighted by Crippen LogP contribution is -2.46. The number of aryl methyl sites for hydroxylation is 1. The van der Waals surface area contributed by atoms with Gasteiger partial charge in [-0.2, -0.15) is 0 Å². The average Bonchev–Trinajstić information content (AvgIpc) is 3.24. The van der Waals surface area contributed by atoms with Crippen LogP contribution in [-0.2, 0) is 19.5 Å². The van der Waals surface area contributed by atoms with Gasteiger partial charge in [0.05, 0.1) is 5.69 Å². The second-order valence-electron chi connectivity index (χ2n) is 7.35. The Bertz CT molecular complexity index is 826. The highest BCUT2D eigenvalue weighted by Gasteiger charge is 2.18. The van der Waals surface area contributed by atoms with Gasteiger partial charge >= 0.3 is 0 Å². The van der Waals surface area contributed by atoms with Crippen LogP contribution in [0.5, 0.6) is 0 Å². The van der Waals surface area contributed by atoms with Gasteiger partial charge in [-0.1, -0.05) is 19.9 Å². The smallest absolute Gasteiger partial charge is 0.191 e. The van der Waals surface area contributed by atoms with E-state index >= 15 is 0 Å². The molecule has 1 aromatic heterocycles. The highest BCUT2D eigenvalue weighted by molar-refractivity contribution is 5.79. The molecule has 3 rings (SSSR count). The summed E-state index contributed by atoms with van der Waals surface area (Å²) >= 11 is 0. The van der Waals surface area contributed by atoms with Crippen LogP contribution in [0.3, 0.4) is 0 Å². The summed E-state index contributed by atoms with van der Waals surface area (Å²) in [5.41, 5.74) is 1.58. The van der Waals surface area contributed by atoms with Crippen molar-refractivity contribution in [3.8, 4) is 0 Å². The van der Waals surface area contributed by atoms with Gasteiger partial charge in [-0.25, -0.2) is 4.39 Å². The summed E-state index contributed by atoms with van der Waals surface area (Å²) in [7, 11) is 1.73. The van der Waals surface area contributed by atoms with Crippen molar-refractivity contribution in [1.29, 1.82) is 0 Å². The maximum Gasteiger partial charge on any atom is 0.191 e. The first-order valence-electron chi connectivity index (χ1n) is 10.7. The molecule has 1 aliphatic rings. The monoisotopic (exact) mass is 416 g/mol. The van der Waals surface area contributed by atoms with Crippen LogP contribution >= 0.6 is 0 Å². The van der Waals surface area contributed by atoms with Crippen molar-refractivity contribution in [3.63, 3.8) is 0 Å². The largest absolute Gasteiger partial charge is 0.367 e. The lowest BCUT2D eigenvalue weighted by molar-refractivity contribution is 0.270. The molecule has 0 atom stereocenters. The Kier molecular flexibility index (Phi) is 8.01. The van der Waals surface area contributed by atoms with E-state index < -0.39 is 0 Å². The number of benzene rings is 1. The maximum atomic E-state index is 14.7. The third kappa shape index (κ3) is 5.69. The number of likely N-dealkylation sites (N-methyl/N-ethyl adjacent to an activating group) is 1. The predicted octanol–water partition coefficient (Wildman–Crippen LogP) is 1.49. The standard InChI is InChI=1S/C21H33FN8/c1-4-20-27-26-16-30(20)9-8-24-21(23-3)25-15-17-6-7-19(18(22)14-17)29-12-10-28(5-2)11-13-29/h6-7,14,16H,4-5,8-13,15H2,1-3H3,(H2,23,24,25). The third-order valence-electron chi connectivity index (χ3n) is 5.51. The van der Waals surface area contributed by atoms with Gasteiger partial charge in [0.25, 0.3) is 0 Å². The lowest BCUT2D eigenvalue weighted by Gasteiger charge is -2.35. The second kappa shape index (κ2) is 10.9. The Morgan fingerprint density at radius 3 is 2.63 bits per heavy atom. The highest BCUT2D eigenvalue weighted by atomic mass is 19.1. The van der Waals surface area contributed by atoms with Crippen LogP contribution in [-0.4, -0.2) is 71.9 Å². The molecule has 30 heavy (non-hydrogen) atoms. The molecule has 0 radical (unpaired) electrons. The van der Waals surface area contributed by atoms with Crippen LogP contribution in [0.4, 0.5) is 10.1 Å². The second-order valence-corrected chi connectivity index (χ2v) is 7.35. The van der Waals surface area contributed by atoms with Crippen molar-refractivity contribution in [2.75, 3.05) is 51.2 Å². The van der Waals surface area contributed by atoms with Gasteiger partial charge < -0.3 is 25.0 Å². The molecule has 0 bridgehead atoms. The molecule has 2 N–H and O–H groups in total. The van der Waals surface area contributed by atoms with Crippen molar-refractivity contribution < 1.29 is 4.39 Å². The van der Waals surface area contributed by atoms with Crippen molar-refractivity contribution in [2.45, 2.75) is 33.4 Å². The first-order chi connectivity index (χ1) is 14.6. The van der Waals surface area contributed by atoms with Gasteiger partial charge in [0.2, 0.25) is 0 Å². The summed E-state index contributed by atoms with van der Waals surface area (Å²) in [6.07, 6.45) is 2.59. The van der Waals surface area contributed by atoms with Gasteiger partial charge in [-0.15, -0.1) is 10.2 Å². The maximum absolute atomic E-state index is 14.7. The minimum atomic E-state index is -0.165. The molecule has 2 aromatic rings. The SMILES string of the molecule is CCc1nncn1CCNC(=NC)NCc1ccc(N2CCN(CC)CC2)c(F)c1. The number of piperazine rings is 1. The molecule has 0 unspecified atom stereocenters. The molecule has 1 aromatic carbocycles. The predicted molar refractivity (Wildman–Crippen MR) is 118 cm³/mol. The Labute approximate surface area is 178 Å². The highest BCUT2D eigenvalue weighted by Crippen LogP contribution is 2.22. The van der Waals surface area contributed by atoms with Gasteiger partial charge in [0.1, 0.15) is 18.0 Å². The van der Waals surface area contributed by atoms with E-state index in [0.29, 0.717) is 24.7 Å². The summed E-state index contributed by atoms with van der Waals surface area (Å²) in [6, 6.07) is 5.49. The molecule has 2 heterocycles. The Morgan fingerprint density at radius 2 is 1.97 bits per heavy atom. The molecule has 0 amide bonds. The number of halogens is 1. The van der Waals surface area contributed by atoms with E-state index in [2.05, 4.69) is 49.5 Å². The van der Waals surface area contributed by atoms with E-state index in [1.807, 2.05) is 16.7 Å². The number of hydrogen-bond acceptors (Lipinski definition) is 5. The van der Waals surface area contributed by atoms with Crippen molar-refractivity contribution in [1.82, 2.24) is 30.3 Å². The van der Waals surface area contributed by atoms with E-state index in [4.69, 9.17) is 0 Å². The van der Waals surface area contributed by atoms with Gasteiger partial charge in [0.15, 0.2) is 5.96 Å². The number of hydrogen-bond donors (Lipinski definition) is 2. The van der Waals surface area contributed by atoms with E-state index in [0.717, 1.165) is 57.1 Å². The number of nitrogens with one attached hydrogen (secondary N) is 2. The topological polar surface area (TPSA) is 73.6 Å². The number of guanidine groups is 1. The Morgan fingerprint density at radius 1 is 1.17 bits per heavy atom. The molecule has 0 aliphatic carbocycles. The Balaban J connectivity index is 1.48. The molecule has 0 saturated carbocycles. The Hall–Kier alpha value is -2.68. The fourth-order valence-corrected chi connectivity index (χ4v) is 3.66. The summed E-state index contributed by atoms with van der Waals surface area (Å²) < 4.78 is 16.7. The number of aromatic nitrogens is 3. The van der Waals surface area contributed by atoms with Gasteiger partial charge in [-0.3, -0.25) is 4.99 Å². The van der Waals surface area contributed by atoms with Gasteiger partial charge in [0, 0.05) is 59.3 Å². The molecule has 9 heteroatoms. The van der Waals surface area contributed by atoms with E-state index in [9.17, 15) is 4.39 Å². The van der Waals surface area contributed by atoms with E-state index in [-0.39, 0.29) is 5.82 Å². The average molecular weight is 417 g/mol. The quantitative estimate of drug-likeness (QED) is 0.502. The van der Waals surface area contributed by atoms with Crippen molar-refractivity contribution >= 4 is 11.6 Å². The van der Waals surface area contributed by atoms with Crippen LogP contribution in [0.1, 0.15) is 25.2 Å². The van der Waals surface area contributed by atoms with Crippen LogP contribution < -0.4 is 15.5 Å². The summed E-state index contributed by atoms with van der Waals surface area (Å²) in [5, 5.41) is 14.5. The number of rotatable bonds is 8.